The zero-order chi connectivity index (χ0) is 15.7. The average molecular weight is 306 g/mol. The van der Waals surface area contributed by atoms with Crippen molar-refractivity contribution in [3.63, 3.8) is 0 Å². The second-order valence-electron chi connectivity index (χ2n) is 5.99. The molecule has 1 aromatic rings. The average Bonchev–Trinajstić information content (AvgIpc) is 2.94. The molecule has 0 bridgehead atoms. The van der Waals surface area contributed by atoms with Crippen molar-refractivity contribution in [3.05, 3.63) is 42.0 Å². The molecule has 0 aromatic heterocycles. The molecule has 0 spiro atoms. The predicted molar refractivity (Wildman–Crippen MR) is 80.5 cm³/mol. The maximum Gasteiger partial charge on any atom is 0.191 e. The van der Waals surface area contributed by atoms with E-state index >= 15 is 0 Å². The van der Waals surface area contributed by atoms with Gasteiger partial charge in [0.15, 0.2) is 12.1 Å². The zero-order valence-electron chi connectivity index (χ0n) is 13.2. The summed E-state index contributed by atoms with van der Waals surface area (Å²) in [4.78, 5) is 0. The molecule has 3 rings (SSSR count). The number of benzene rings is 1. The summed E-state index contributed by atoms with van der Waals surface area (Å²) in [7, 11) is 1.65. The fourth-order valence-corrected chi connectivity index (χ4v) is 2.66. The second-order valence-corrected chi connectivity index (χ2v) is 5.99. The van der Waals surface area contributed by atoms with Gasteiger partial charge in [-0.2, -0.15) is 0 Å². The van der Waals surface area contributed by atoms with Crippen molar-refractivity contribution in [1.82, 2.24) is 0 Å². The molecule has 3 atom stereocenters. The molecular formula is C17H22O5. The number of rotatable bonds is 5. The van der Waals surface area contributed by atoms with E-state index in [1.807, 2.05) is 38.1 Å². The van der Waals surface area contributed by atoms with Crippen molar-refractivity contribution in [1.29, 1.82) is 0 Å². The maximum atomic E-state index is 5.82. The summed E-state index contributed by atoms with van der Waals surface area (Å²) in [6.07, 6.45) is -0.772. The molecule has 1 aromatic carbocycles. The molecule has 0 aliphatic carbocycles. The molecule has 22 heavy (non-hydrogen) atoms. The first-order valence-corrected chi connectivity index (χ1v) is 7.39. The summed E-state index contributed by atoms with van der Waals surface area (Å²) < 4.78 is 28.1. The molecule has 2 aliphatic heterocycles. The molecule has 2 saturated heterocycles. The van der Waals surface area contributed by atoms with Crippen LogP contribution in [0.5, 0.6) is 5.75 Å². The highest BCUT2D eigenvalue weighted by Gasteiger charge is 2.50. The molecule has 2 fully saturated rings. The van der Waals surface area contributed by atoms with E-state index in [9.17, 15) is 0 Å². The van der Waals surface area contributed by atoms with Gasteiger partial charge in [-0.3, -0.25) is 0 Å². The Balaban J connectivity index is 1.48. The Morgan fingerprint density at radius 2 is 1.91 bits per heavy atom. The lowest BCUT2D eigenvalue weighted by molar-refractivity contribution is -0.204. The second kappa shape index (κ2) is 6.01. The Morgan fingerprint density at radius 1 is 1.18 bits per heavy atom. The summed E-state index contributed by atoms with van der Waals surface area (Å²) in [5.74, 6) is 0.216. The highest BCUT2D eigenvalue weighted by Crippen LogP contribution is 2.39. The van der Waals surface area contributed by atoms with Crippen LogP contribution in [0.3, 0.4) is 0 Å². The smallest absolute Gasteiger partial charge is 0.191 e. The van der Waals surface area contributed by atoms with E-state index < -0.39 is 5.79 Å². The first kappa shape index (κ1) is 15.5. The Kier molecular flexibility index (Phi) is 4.23. The van der Waals surface area contributed by atoms with Crippen molar-refractivity contribution >= 4 is 0 Å². The molecule has 0 saturated carbocycles. The minimum atomic E-state index is -0.618. The van der Waals surface area contributed by atoms with Crippen LogP contribution in [0.2, 0.25) is 0 Å². The first-order chi connectivity index (χ1) is 10.5. The number of hydrogen-bond acceptors (Lipinski definition) is 5. The van der Waals surface area contributed by atoms with Gasteiger partial charge in [0.1, 0.15) is 18.0 Å². The van der Waals surface area contributed by atoms with Gasteiger partial charge in [0.05, 0.1) is 20.3 Å². The molecule has 2 heterocycles. The highest BCUT2D eigenvalue weighted by atomic mass is 16.8. The van der Waals surface area contributed by atoms with Gasteiger partial charge in [0.25, 0.3) is 0 Å². The van der Waals surface area contributed by atoms with Crippen LogP contribution in [0.1, 0.15) is 19.4 Å². The van der Waals surface area contributed by atoms with E-state index in [-0.39, 0.29) is 18.5 Å². The zero-order valence-corrected chi connectivity index (χ0v) is 13.2. The number of methoxy groups -OCH3 is 1. The van der Waals surface area contributed by atoms with Crippen molar-refractivity contribution in [3.8, 4) is 5.75 Å². The van der Waals surface area contributed by atoms with Crippen LogP contribution in [0.25, 0.3) is 0 Å². The normalized spacial score (nSPS) is 29.6. The molecule has 2 aliphatic rings. The van der Waals surface area contributed by atoms with Gasteiger partial charge >= 0.3 is 0 Å². The van der Waals surface area contributed by atoms with Gasteiger partial charge in [-0.15, -0.1) is 0 Å². The largest absolute Gasteiger partial charge is 0.497 e. The van der Waals surface area contributed by atoms with Crippen LogP contribution in [-0.2, 0) is 25.6 Å². The third-order valence-electron chi connectivity index (χ3n) is 3.83. The Morgan fingerprint density at radius 3 is 2.55 bits per heavy atom. The fraction of sp³-hybridized carbons (Fsp3) is 0.529. The predicted octanol–water partition coefficient (Wildman–Crippen LogP) is 2.64. The lowest BCUT2D eigenvalue weighted by atomic mass is 10.1. The molecule has 5 nitrogen and oxygen atoms in total. The van der Waals surface area contributed by atoms with Crippen LogP contribution in [0, 0.1) is 0 Å². The quantitative estimate of drug-likeness (QED) is 0.783. The van der Waals surface area contributed by atoms with E-state index in [2.05, 4.69) is 6.58 Å². The topological polar surface area (TPSA) is 46.2 Å². The van der Waals surface area contributed by atoms with E-state index in [0.29, 0.717) is 13.2 Å². The number of hydrogen-bond donors (Lipinski definition) is 0. The van der Waals surface area contributed by atoms with Gasteiger partial charge in [-0.25, -0.2) is 0 Å². The van der Waals surface area contributed by atoms with E-state index in [1.165, 1.54) is 0 Å². The first-order valence-electron chi connectivity index (χ1n) is 7.39. The van der Waals surface area contributed by atoms with Gasteiger partial charge in [0.2, 0.25) is 0 Å². The minimum Gasteiger partial charge on any atom is -0.497 e. The molecular weight excluding hydrogens is 284 g/mol. The summed E-state index contributed by atoms with van der Waals surface area (Å²) in [6.45, 7) is 8.76. The fourth-order valence-electron chi connectivity index (χ4n) is 2.66. The Bertz CT molecular complexity index is 536. The van der Waals surface area contributed by atoms with Crippen molar-refractivity contribution in [2.75, 3.05) is 13.7 Å². The van der Waals surface area contributed by atoms with Crippen LogP contribution < -0.4 is 4.74 Å². The highest BCUT2D eigenvalue weighted by molar-refractivity contribution is 5.26. The van der Waals surface area contributed by atoms with Gasteiger partial charge in [0, 0.05) is 0 Å². The van der Waals surface area contributed by atoms with Crippen LogP contribution in [-0.4, -0.2) is 38.0 Å². The van der Waals surface area contributed by atoms with Gasteiger partial charge < -0.3 is 23.7 Å². The third-order valence-corrected chi connectivity index (χ3v) is 3.83. The van der Waals surface area contributed by atoms with Crippen LogP contribution in [0.15, 0.2) is 36.4 Å². The Hall–Kier alpha value is -1.40. The summed E-state index contributed by atoms with van der Waals surface area (Å²) in [5, 5.41) is 0. The van der Waals surface area contributed by atoms with E-state index in [1.54, 1.807) is 7.11 Å². The van der Waals surface area contributed by atoms with E-state index in [4.69, 9.17) is 23.7 Å². The molecule has 0 unspecified atom stereocenters. The van der Waals surface area contributed by atoms with Crippen molar-refractivity contribution < 1.29 is 23.7 Å². The molecule has 120 valence electrons. The summed E-state index contributed by atoms with van der Waals surface area (Å²) in [6, 6.07) is 7.79. The van der Waals surface area contributed by atoms with Crippen LogP contribution in [0.4, 0.5) is 0 Å². The number of fused-ring (bicyclic) bond motifs is 1. The number of ether oxygens (including phenoxy) is 5. The minimum absolute atomic E-state index is 0.190. The lowest BCUT2D eigenvalue weighted by Gasteiger charge is -2.21. The van der Waals surface area contributed by atoms with Crippen molar-refractivity contribution in [2.45, 2.75) is 44.7 Å². The maximum absolute atomic E-state index is 5.82. The Labute approximate surface area is 130 Å². The molecule has 5 heteroatoms. The molecule has 0 amide bonds. The standard InChI is InChI=1S/C17H22O5/c1-11-14(20-16-15(11)21-17(2,3)22-16)10-19-9-12-5-7-13(18-4)8-6-12/h5-8,14-16H,1,9-10H2,2-4H3/t14-,15-,16-/m1/s1. The molecule has 0 N–H and O–H groups in total. The summed E-state index contributed by atoms with van der Waals surface area (Å²) >= 11 is 0. The summed E-state index contributed by atoms with van der Waals surface area (Å²) in [5.41, 5.74) is 1.96. The van der Waals surface area contributed by atoms with Crippen molar-refractivity contribution in [2.24, 2.45) is 0 Å². The third kappa shape index (κ3) is 3.17. The van der Waals surface area contributed by atoms with Crippen LogP contribution >= 0.6 is 0 Å². The van der Waals surface area contributed by atoms with Gasteiger partial charge in [-0.05, 0) is 37.1 Å². The lowest BCUT2D eigenvalue weighted by Crippen LogP contribution is -2.27. The molecule has 0 radical (unpaired) electrons. The van der Waals surface area contributed by atoms with Gasteiger partial charge in [-0.1, -0.05) is 18.7 Å². The SMILES string of the molecule is C=C1[C@H]2OC(C)(C)O[C@H]2O[C@@H]1COCc1ccc(OC)cc1. The monoisotopic (exact) mass is 306 g/mol. The van der Waals surface area contributed by atoms with E-state index in [0.717, 1.165) is 16.9 Å².